The third-order valence-corrected chi connectivity index (χ3v) is 17.9. The minimum Gasteiger partial charge on any atom is -0.309 e. The van der Waals surface area contributed by atoms with Gasteiger partial charge in [-0.05, 0) is 56.1 Å². The third-order valence-electron chi connectivity index (χ3n) is 13.1. The molecule has 0 spiro atoms. The van der Waals surface area contributed by atoms with E-state index in [1.165, 1.54) is 86.8 Å². The first kappa shape index (κ1) is 36.8. The van der Waals surface area contributed by atoms with Gasteiger partial charge in [0.1, 0.15) is 0 Å². The van der Waals surface area contributed by atoms with E-state index in [9.17, 15) is 0 Å². The van der Waals surface area contributed by atoms with Crippen LogP contribution in [0, 0.1) is 0 Å². The molecule has 0 fully saturated rings. The smallest absolute Gasteiger partial charge is 0.181 e. The zero-order valence-electron chi connectivity index (χ0n) is 34.6. The lowest BCUT2D eigenvalue weighted by molar-refractivity contribution is 1.16. The van der Waals surface area contributed by atoms with Crippen molar-refractivity contribution in [1.82, 2.24) is 9.13 Å². The number of aromatic nitrogens is 2. The molecule has 0 radical (unpaired) electrons. The molecule has 3 heteroatoms. The first-order chi connectivity index (χ1) is 31.3. The van der Waals surface area contributed by atoms with E-state index in [0.717, 1.165) is 11.2 Å². The van der Waals surface area contributed by atoms with Crippen LogP contribution in [-0.4, -0.2) is 17.2 Å². The van der Waals surface area contributed by atoms with Crippen LogP contribution in [0.15, 0.2) is 255 Å². The lowest BCUT2D eigenvalue weighted by Crippen LogP contribution is -2.75. The second-order valence-electron chi connectivity index (χ2n) is 16.4. The monoisotopic (exact) mass is 818 g/mol. The normalized spacial score (nSPS) is 11.8. The van der Waals surface area contributed by atoms with Crippen LogP contribution in [-0.2, 0) is 0 Å². The van der Waals surface area contributed by atoms with Crippen LogP contribution in [0.25, 0.3) is 77.2 Å². The Bertz CT molecular complexity index is 3440. The summed E-state index contributed by atoms with van der Waals surface area (Å²) in [6.07, 6.45) is 0. The third kappa shape index (κ3) is 5.78. The summed E-state index contributed by atoms with van der Waals surface area (Å²) in [5.74, 6) is 0. The lowest BCUT2D eigenvalue weighted by Gasteiger charge is -2.35. The molecule has 12 aromatic rings. The number of fused-ring (bicyclic) bond motifs is 6. The Morgan fingerprint density at radius 2 is 0.698 bits per heavy atom. The van der Waals surface area contributed by atoms with Crippen molar-refractivity contribution in [3.05, 3.63) is 255 Å². The molecule has 10 aromatic carbocycles. The molecule has 2 heterocycles. The molecule has 12 rings (SSSR count). The second kappa shape index (κ2) is 15.2. The van der Waals surface area contributed by atoms with Crippen LogP contribution >= 0.6 is 0 Å². The van der Waals surface area contributed by atoms with E-state index < -0.39 is 8.07 Å². The molecule has 0 atom stereocenters. The van der Waals surface area contributed by atoms with Crippen molar-refractivity contribution in [2.24, 2.45) is 0 Å². The predicted octanol–water partition coefficient (Wildman–Crippen LogP) is 12.6. The van der Waals surface area contributed by atoms with Crippen molar-refractivity contribution in [3.8, 4) is 33.6 Å². The lowest BCUT2D eigenvalue weighted by atomic mass is 9.95. The van der Waals surface area contributed by atoms with Gasteiger partial charge >= 0.3 is 0 Å². The highest BCUT2D eigenvalue weighted by atomic mass is 28.3. The van der Waals surface area contributed by atoms with Gasteiger partial charge in [-0.25, -0.2) is 0 Å². The molecule has 2 aromatic heterocycles. The molecule has 296 valence electrons. The van der Waals surface area contributed by atoms with Crippen LogP contribution in [0.3, 0.4) is 0 Å². The summed E-state index contributed by atoms with van der Waals surface area (Å²) in [7, 11) is -2.95. The first-order valence-corrected chi connectivity index (χ1v) is 23.8. The molecule has 0 aliphatic rings. The SMILES string of the molecule is c1ccc(-c2cccc(-c3ccccc3)c2-n2c3ccccc3c3ccc(-n4c5ccccc5c5cccc([Si](c6ccccc6)(c6ccccc6)c6ccccc6)c54)cc32)cc1. The van der Waals surface area contributed by atoms with E-state index in [0.29, 0.717) is 0 Å². The van der Waals surface area contributed by atoms with Gasteiger partial charge in [-0.3, -0.25) is 0 Å². The molecule has 2 nitrogen and oxygen atoms in total. The molecule has 0 saturated carbocycles. The molecule has 0 N–H and O–H groups in total. The topological polar surface area (TPSA) is 9.86 Å². The zero-order chi connectivity index (χ0) is 41.7. The molecule has 0 saturated heterocycles. The minimum absolute atomic E-state index is 1.13. The minimum atomic E-state index is -2.95. The molecular weight excluding hydrogens is 777 g/mol. The van der Waals surface area contributed by atoms with Crippen molar-refractivity contribution in [2.75, 3.05) is 0 Å². The van der Waals surface area contributed by atoms with Crippen LogP contribution < -0.4 is 20.7 Å². The average molecular weight is 819 g/mol. The van der Waals surface area contributed by atoms with Gasteiger partial charge in [0.15, 0.2) is 8.07 Å². The number of benzene rings is 10. The van der Waals surface area contributed by atoms with Crippen LogP contribution in [0.5, 0.6) is 0 Å². The molecule has 0 aliphatic carbocycles. The van der Waals surface area contributed by atoms with Crippen molar-refractivity contribution in [1.29, 1.82) is 0 Å². The zero-order valence-corrected chi connectivity index (χ0v) is 35.6. The first-order valence-electron chi connectivity index (χ1n) is 21.8. The maximum absolute atomic E-state index is 2.95. The van der Waals surface area contributed by atoms with Crippen LogP contribution in [0.1, 0.15) is 0 Å². The Balaban J connectivity index is 1.23. The van der Waals surface area contributed by atoms with E-state index in [1.54, 1.807) is 0 Å². The Kier molecular flexibility index (Phi) is 8.87. The highest BCUT2D eigenvalue weighted by Gasteiger charge is 2.43. The van der Waals surface area contributed by atoms with E-state index in [1.807, 2.05) is 0 Å². The molecule has 0 unspecified atom stereocenters. The maximum atomic E-state index is 2.57. The number of hydrogen-bond acceptors (Lipinski definition) is 0. The maximum Gasteiger partial charge on any atom is 0.181 e. The Labute approximate surface area is 368 Å². The summed E-state index contributed by atoms with van der Waals surface area (Å²) >= 11 is 0. The fourth-order valence-electron chi connectivity index (χ4n) is 10.4. The Hall–Kier alpha value is -7.98. The molecule has 63 heavy (non-hydrogen) atoms. The van der Waals surface area contributed by atoms with Gasteiger partial charge in [-0.1, -0.05) is 231 Å². The molecule has 0 amide bonds. The van der Waals surface area contributed by atoms with Gasteiger partial charge in [-0.2, -0.15) is 0 Å². The number of rotatable bonds is 8. The predicted molar refractivity (Wildman–Crippen MR) is 270 cm³/mol. The number of hydrogen-bond donors (Lipinski definition) is 0. The van der Waals surface area contributed by atoms with Gasteiger partial charge in [0.25, 0.3) is 0 Å². The number of para-hydroxylation sites is 4. The van der Waals surface area contributed by atoms with Crippen LogP contribution in [0.4, 0.5) is 0 Å². The van der Waals surface area contributed by atoms with E-state index in [4.69, 9.17) is 0 Å². The van der Waals surface area contributed by atoms with Crippen molar-refractivity contribution in [2.45, 2.75) is 0 Å². The summed E-state index contributed by atoms with van der Waals surface area (Å²) in [5, 5.41) is 10.4. The largest absolute Gasteiger partial charge is 0.309 e. The average Bonchev–Trinajstić information content (AvgIpc) is 3.88. The number of nitrogens with zero attached hydrogens (tertiary/aromatic N) is 2. The fraction of sp³-hybridized carbons (Fsp3) is 0. The summed E-state index contributed by atoms with van der Waals surface area (Å²) in [4.78, 5) is 0. The van der Waals surface area contributed by atoms with E-state index >= 15 is 0 Å². The highest BCUT2D eigenvalue weighted by Crippen LogP contribution is 2.42. The summed E-state index contributed by atoms with van der Waals surface area (Å²) in [5.41, 5.74) is 11.8. The summed E-state index contributed by atoms with van der Waals surface area (Å²) in [6.45, 7) is 0. The Morgan fingerprint density at radius 3 is 1.24 bits per heavy atom. The van der Waals surface area contributed by atoms with Gasteiger partial charge < -0.3 is 9.13 Å². The summed E-state index contributed by atoms with van der Waals surface area (Å²) in [6, 6.07) is 94.4. The standard InChI is InChI=1S/C60H42N2Si/c1-6-22-43(23-7-1)49-34-20-35-50(44-24-8-2-9-25-44)59(49)62-56-38-19-16-32-51(56)53-41-40-45(42-57(53)62)61-55-37-18-17-33-52(55)54-36-21-39-58(60(54)61)63(46-26-10-3-11-27-46,47-28-12-4-13-29-47)48-30-14-5-15-31-48/h1-42H. The van der Waals surface area contributed by atoms with Gasteiger partial charge in [0, 0.05) is 38.4 Å². The summed E-state index contributed by atoms with van der Waals surface area (Å²) < 4.78 is 5.10. The van der Waals surface area contributed by atoms with E-state index in [2.05, 4.69) is 264 Å². The van der Waals surface area contributed by atoms with Crippen molar-refractivity contribution in [3.63, 3.8) is 0 Å². The van der Waals surface area contributed by atoms with Gasteiger partial charge in [-0.15, -0.1) is 0 Å². The Morgan fingerprint density at radius 1 is 0.286 bits per heavy atom. The van der Waals surface area contributed by atoms with Gasteiger partial charge in [0.05, 0.1) is 27.8 Å². The van der Waals surface area contributed by atoms with Crippen molar-refractivity contribution >= 4 is 72.4 Å². The molecule has 0 bridgehead atoms. The van der Waals surface area contributed by atoms with Crippen molar-refractivity contribution < 1.29 is 0 Å². The second-order valence-corrected chi connectivity index (χ2v) is 20.2. The molecular formula is C60H42N2Si. The van der Waals surface area contributed by atoms with Gasteiger partial charge in [0.2, 0.25) is 0 Å². The van der Waals surface area contributed by atoms with Crippen LogP contribution in [0.2, 0.25) is 0 Å². The molecule has 0 aliphatic heterocycles. The fourth-order valence-corrected chi connectivity index (χ4v) is 15.4. The quantitative estimate of drug-likeness (QED) is 0.107. The highest BCUT2D eigenvalue weighted by molar-refractivity contribution is 7.20. The van der Waals surface area contributed by atoms with E-state index in [-0.39, 0.29) is 0 Å².